The van der Waals surface area contributed by atoms with Crippen molar-refractivity contribution in [1.82, 2.24) is 14.3 Å². The average molecular weight is 429 g/mol. The highest BCUT2D eigenvalue weighted by Gasteiger charge is 2.26. The van der Waals surface area contributed by atoms with Gasteiger partial charge in [-0.1, -0.05) is 37.3 Å². The summed E-state index contributed by atoms with van der Waals surface area (Å²) < 4.78 is 3.39. The Kier molecular flexibility index (Phi) is 5.70. The van der Waals surface area contributed by atoms with Crippen molar-refractivity contribution in [3.05, 3.63) is 87.6 Å². The summed E-state index contributed by atoms with van der Waals surface area (Å²) in [7, 11) is 0. The number of nitrogens with zero attached hydrogens (tertiary/aromatic N) is 3. The number of para-hydroxylation sites is 1. The van der Waals surface area contributed by atoms with Crippen LogP contribution in [0, 0.1) is 27.7 Å². The third-order valence-corrected chi connectivity index (χ3v) is 6.10. The summed E-state index contributed by atoms with van der Waals surface area (Å²) >= 11 is 0. The van der Waals surface area contributed by atoms with Gasteiger partial charge in [0.1, 0.15) is 6.04 Å². The summed E-state index contributed by atoms with van der Waals surface area (Å²) in [5, 5.41) is 8.87. The van der Waals surface area contributed by atoms with Gasteiger partial charge in [-0.2, -0.15) is 9.78 Å². The maximum Gasteiger partial charge on any atom is 0.281 e. The molecule has 6 heteroatoms. The standard InChI is InChI=1S/C26H28N4O2/c1-6-23(25(31)28-22-14-16(2)12-13-17(22)3)29-18(4)21-15-27-30(20-10-8-7-9-11-20)26(32)24(21)19(29)5/h7-15,23H,6H2,1-5H3,(H,28,31)/t23-/m0/s1. The minimum absolute atomic E-state index is 0.0935. The molecule has 0 aliphatic rings. The van der Waals surface area contributed by atoms with Crippen LogP contribution in [0.2, 0.25) is 0 Å². The van der Waals surface area contributed by atoms with E-state index in [1.54, 1.807) is 6.20 Å². The van der Waals surface area contributed by atoms with Crippen molar-refractivity contribution >= 4 is 22.4 Å². The Morgan fingerprint density at radius 3 is 2.44 bits per heavy atom. The first kappa shape index (κ1) is 21.6. The number of hydrogen-bond donors (Lipinski definition) is 1. The molecule has 0 fully saturated rings. The molecule has 1 atom stereocenters. The Morgan fingerprint density at radius 1 is 1.03 bits per heavy atom. The minimum atomic E-state index is -0.438. The monoisotopic (exact) mass is 428 g/mol. The van der Waals surface area contributed by atoms with E-state index in [-0.39, 0.29) is 11.5 Å². The summed E-state index contributed by atoms with van der Waals surface area (Å²) in [6.45, 7) is 9.81. The number of aryl methyl sites for hydroxylation is 4. The molecule has 2 aromatic heterocycles. The van der Waals surface area contributed by atoms with Gasteiger partial charge >= 0.3 is 0 Å². The van der Waals surface area contributed by atoms with Crippen molar-refractivity contribution in [1.29, 1.82) is 0 Å². The van der Waals surface area contributed by atoms with E-state index >= 15 is 0 Å². The normalized spacial score (nSPS) is 12.2. The van der Waals surface area contributed by atoms with Gasteiger partial charge in [-0.15, -0.1) is 0 Å². The van der Waals surface area contributed by atoms with E-state index in [9.17, 15) is 9.59 Å². The van der Waals surface area contributed by atoms with Gasteiger partial charge in [0, 0.05) is 22.5 Å². The van der Waals surface area contributed by atoms with Gasteiger partial charge in [0.15, 0.2) is 0 Å². The van der Waals surface area contributed by atoms with Crippen LogP contribution in [0.4, 0.5) is 5.69 Å². The van der Waals surface area contributed by atoms with E-state index in [2.05, 4.69) is 10.4 Å². The van der Waals surface area contributed by atoms with Gasteiger partial charge in [0.2, 0.25) is 5.91 Å². The maximum atomic E-state index is 13.4. The number of rotatable bonds is 5. The third-order valence-electron chi connectivity index (χ3n) is 6.10. The molecule has 4 rings (SSSR count). The summed E-state index contributed by atoms with van der Waals surface area (Å²) in [4.78, 5) is 26.7. The minimum Gasteiger partial charge on any atom is -0.335 e. The molecule has 0 saturated carbocycles. The Balaban J connectivity index is 1.80. The Bertz CT molecular complexity index is 1370. The number of anilines is 1. The summed E-state index contributed by atoms with van der Waals surface area (Å²) in [6, 6.07) is 14.9. The van der Waals surface area contributed by atoms with Crippen LogP contribution in [-0.2, 0) is 4.79 Å². The quantitative estimate of drug-likeness (QED) is 0.486. The molecule has 1 amide bonds. The lowest BCUT2D eigenvalue weighted by atomic mass is 10.1. The molecule has 1 N–H and O–H groups in total. The smallest absolute Gasteiger partial charge is 0.281 e. The largest absolute Gasteiger partial charge is 0.335 e. The van der Waals surface area contributed by atoms with Crippen molar-refractivity contribution in [3.63, 3.8) is 0 Å². The lowest BCUT2D eigenvalue weighted by Gasteiger charge is -2.21. The molecule has 0 unspecified atom stereocenters. The van der Waals surface area contributed by atoms with Crippen LogP contribution in [0.3, 0.4) is 0 Å². The fourth-order valence-corrected chi connectivity index (χ4v) is 4.37. The molecule has 0 aliphatic heterocycles. The number of nitrogens with one attached hydrogen (secondary N) is 1. The molecule has 0 spiro atoms. The van der Waals surface area contributed by atoms with Crippen LogP contribution in [0.25, 0.3) is 16.5 Å². The molecule has 4 aromatic rings. The summed E-state index contributed by atoms with van der Waals surface area (Å²) in [5.74, 6) is -0.0935. The zero-order valence-electron chi connectivity index (χ0n) is 19.1. The van der Waals surface area contributed by atoms with E-state index in [0.29, 0.717) is 17.5 Å². The lowest BCUT2D eigenvalue weighted by Crippen LogP contribution is -2.27. The highest BCUT2D eigenvalue weighted by atomic mass is 16.2. The van der Waals surface area contributed by atoms with Crippen LogP contribution >= 0.6 is 0 Å². The number of hydrogen-bond acceptors (Lipinski definition) is 3. The first-order chi connectivity index (χ1) is 15.3. The molecular formula is C26H28N4O2. The summed E-state index contributed by atoms with van der Waals surface area (Å²) in [5.41, 5.74) is 5.09. The SMILES string of the molecule is CC[C@@H](C(=O)Nc1cc(C)ccc1C)n1c(C)c2cnn(-c3ccccc3)c(=O)c2c1C. The average Bonchev–Trinajstić information content (AvgIpc) is 3.03. The molecule has 2 aromatic carbocycles. The van der Waals surface area contributed by atoms with Crippen LogP contribution in [0.15, 0.2) is 59.5 Å². The zero-order valence-corrected chi connectivity index (χ0v) is 19.1. The van der Waals surface area contributed by atoms with Gasteiger partial charge in [-0.3, -0.25) is 9.59 Å². The molecule has 2 heterocycles. The van der Waals surface area contributed by atoms with Gasteiger partial charge in [0.05, 0.1) is 17.3 Å². The molecule has 0 bridgehead atoms. The molecule has 6 nitrogen and oxygen atoms in total. The van der Waals surface area contributed by atoms with Crippen molar-refractivity contribution in [2.45, 2.75) is 47.1 Å². The number of amides is 1. The van der Waals surface area contributed by atoms with E-state index in [1.165, 1.54) is 4.68 Å². The molecular weight excluding hydrogens is 400 g/mol. The Labute approximate surface area is 187 Å². The van der Waals surface area contributed by atoms with E-state index in [0.717, 1.165) is 33.6 Å². The van der Waals surface area contributed by atoms with E-state index < -0.39 is 6.04 Å². The van der Waals surface area contributed by atoms with Crippen LogP contribution < -0.4 is 10.9 Å². The fourth-order valence-electron chi connectivity index (χ4n) is 4.37. The fraction of sp³-hybridized carbons (Fsp3) is 0.269. The second-order valence-electron chi connectivity index (χ2n) is 8.26. The number of carbonyl (C=O) groups excluding carboxylic acids is 1. The second kappa shape index (κ2) is 8.46. The van der Waals surface area contributed by atoms with Crippen molar-refractivity contribution < 1.29 is 4.79 Å². The molecule has 0 saturated heterocycles. The Hall–Kier alpha value is -3.67. The second-order valence-corrected chi connectivity index (χ2v) is 8.26. The van der Waals surface area contributed by atoms with Gasteiger partial charge in [-0.25, -0.2) is 0 Å². The van der Waals surface area contributed by atoms with Crippen molar-refractivity contribution in [2.75, 3.05) is 5.32 Å². The predicted molar refractivity (Wildman–Crippen MR) is 129 cm³/mol. The Morgan fingerprint density at radius 2 is 1.75 bits per heavy atom. The predicted octanol–water partition coefficient (Wildman–Crippen LogP) is 5.01. The van der Waals surface area contributed by atoms with E-state index in [4.69, 9.17) is 0 Å². The lowest BCUT2D eigenvalue weighted by molar-refractivity contribution is -0.119. The van der Waals surface area contributed by atoms with Gasteiger partial charge < -0.3 is 9.88 Å². The van der Waals surface area contributed by atoms with Gasteiger partial charge in [0.25, 0.3) is 5.56 Å². The number of fused-ring (bicyclic) bond motifs is 1. The first-order valence-corrected chi connectivity index (χ1v) is 10.9. The zero-order chi connectivity index (χ0) is 23.0. The first-order valence-electron chi connectivity index (χ1n) is 10.9. The van der Waals surface area contributed by atoms with Crippen LogP contribution in [0.1, 0.15) is 41.9 Å². The highest BCUT2D eigenvalue weighted by Crippen LogP contribution is 2.29. The molecule has 0 aliphatic carbocycles. The number of benzene rings is 2. The van der Waals surface area contributed by atoms with Crippen LogP contribution in [-0.4, -0.2) is 20.3 Å². The molecule has 164 valence electrons. The maximum absolute atomic E-state index is 13.4. The van der Waals surface area contributed by atoms with Crippen molar-refractivity contribution in [2.24, 2.45) is 0 Å². The van der Waals surface area contributed by atoms with Crippen molar-refractivity contribution in [3.8, 4) is 5.69 Å². The number of carbonyl (C=O) groups is 1. The highest BCUT2D eigenvalue weighted by molar-refractivity contribution is 5.96. The third kappa shape index (κ3) is 3.62. The summed E-state index contributed by atoms with van der Waals surface area (Å²) in [6.07, 6.45) is 2.32. The molecule has 32 heavy (non-hydrogen) atoms. The topological polar surface area (TPSA) is 68.9 Å². The molecule has 0 radical (unpaired) electrons. The van der Waals surface area contributed by atoms with E-state index in [1.807, 2.05) is 87.7 Å². The number of aromatic nitrogens is 3. The van der Waals surface area contributed by atoms with Crippen LogP contribution in [0.5, 0.6) is 0 Å². The van der Waals surface area contributed by atoms with Gasteiger partial charge in [-0.05, 0) is 63.4 Å².